The number of likely N-dealkylation sites (N-methyl/N-ethyl adjacent to an activating group) is 2. The molecule has 240 valence electrons. The standard InChI is InChI=1S/C38H42N2O6/c1-39-18-16-28-29-22-33(37(44-6)35(28)42-4)45-26-11-7-24(8-12-26)20-31-34-25(15-17-40(31)2)21-32(41-3)36(43-5)38(34)46-27-13-9-23(10-14-27)19-30(29)39/h7-14,21-22,30-31H,15-20H2,1-6H3/t30-,31-/m1/s1. The molecule has 0 radical (unpaired) electrons. The number of rotatable bonds is 4. The van der Waals surface area contributed by atoms with Crippen LogP contribution in [-0.2, 0) is 25.7 Å². The van der Waals surface area contributed by atoms with Crippen molar-refractivity contribution in [3.63, 3.8) is 0 Å². The molecule has 0 spiro atoms. The van der Waals surface area contributed by atoms with E-state index in [1.165, 1.54) is 27.8 Å². The van der Waals surface area contributed by atoms with Gasteiger partial charge in [-0.3, -0.25) is 9.80 Å². The van der Waals surface area contributed by atoms with E-state index >= 15 is 0 Å². The van der Waals surface area contributed by atoms with Crippen molar-refractivity contribution < 1.29 is 28.4 Å². The van der Waals surface area contributed by atoms with Gasteiger partial charge in [-0.25, -0.2) is 0 Å². The molecule has 0 amide bonds. The molecule has 0 saturated heterocycles. The van der Waals surface area contributed by atoms with E-state index in [1.807, 2.05) is 12.1 Å². The molecule has 0 fully saturated rings. The first-order valence-corrected chi connectivity index (χ1v) is 15.9. The molecule has 10 rings (SSSR count). The molecule has 0 saturated carbocycles. The van der Waals surface area contributed by atoms with E-state index in [0.717, 1.165) is 61.6 Å². The quantitative estimate of drug-likeness (QED) is 0.238. The first-order chi connectivity index (χ1) is 22.4. The summed E-state index contributed by atoms with van der Waals surface area (Å²) < 4.78 is 37.0. The van der Waals surface area contributed by atoms with Crippen LogP contribution in [0.4, 0.5) is 0 Å². The van der Waals surface area contributed by atoms with Gasteiger partial charge in [0.15, 0.2) is 23.0 Å². The molecule has 6 heterocycles. The number of hydrogen-bond acceptors (Lipinski definition) is 8. The fourth-order valence-electron chi connectivity index (χ4n) is 7.37. The SMILES string of the molecule is COc1cc2c3c(c1OC)Oc1ccc(cc1)C[C@@H]1c4cc(c(OC)c(OC)c4CCN1C)Oc1ccc(cc1)C[C@H]3N(C)CC2. The normalized spacial score (nSPS) is 19.2. The van der Waals surface area contributed by atoms with E-state index in [9.17, 15) is 0 Å². The van der Waals surface area contributed by atoms with Gasteiger partial charge < -0.3 is 28.4 Å². The van der Waals surface area contributed by atoms with Gasteiger partial charge in [-0.1, -0.05) is 24.3 Å². The molecule has 6 aliphatic rings. The predicted molar refractivity (Wildman–Crippen MR) is 178 cm³/mol. The van der Waals surface area contributed by atoms with E-state index in [2.05, 4.69) is 72.4 Å². The van der Waals surface area contributed by atoms with Crippen LogP contribution in [0.5, 0.6) is 46.0 Å². The Kier molecular flexibility index (Phi) is 8.17. The van der Waals surface area contributed by atoms with Crippen molar-refractivity contribution in [2.24, 2.45) is 0 Å². The largest absolute Gasteiger partial charge is 0.493 e. The van der Waals surface area contributed by atoms with E-state index in [0.29, 0.717) is 28.7 Å². The van der Waals surface area contributed by atoms with Gasteiger partial charge in [0.1, 0.15) is 11.5 Å². The molecule has 0 aliphatic carbocycles. The molecule has 6 bridgehead atoms. The van der Waals surface area contributed by atoms with Crippen LogP contribution in [-0.4, -0.2) is 65.4 Å². The number of benzene rings is 4. The van der Waals surface area contributed by atoms with Crippen LogP contribution in [0.1, 0.15) is 45.5 Å². The lowest BCUT2D eigenvalue weighted by atomic mass is 9.87. The summed E-state index contributed by atoms with van der Waals surface area (Å²) >= 11 is 0. The van der Waals surface area contributed by atoms with Crippen LogP contribution >= 0.6 is 0 Å². The molecular formula is C38H42N2O6. The highest BCUT2D eigenvalue weighted by Gasteiger charge is 2.34. The third-order valence-corrected chi connectivity index (χ3v) is 9.85. The van der Waals surface area contributed by atoms with Gasteiger partial charge in [-0.15, -0.1) is 0 Å². The number of ether oxygens (including phenoxy) is 6. The first-order valence-electron chi connectivity index (χ1n) is 15.9. The van der Waals surface area contributed by atoms with Crippen LogP contribution in [0.3, 0.4) is 0 Å². The zero-order chi connectivity index (χ0) is 31.9. The third kappa shape index (κ3) is 5.29. The van der Waals surface area contributed by atoms with Gasteiger partial charge in [-0.05, 0) is 98.4 Å². The van der Waals surface area contributed by atoms with Crippen LogP contribution in [0, 0.1) is 0 Å². The summed E-state index contributed by atoms with van der Waals surface area (Å²) in [5.74, 6) is 5.52. The molecule has 4 aromatic carbocycles. The van der Waals surface area contributed by atoms with Crippen LogP contribution < -0.4 is 28.4 Å². The van der Waals surface area contributed by atoms with E-state index in [4.69, 9.17) is 28.4 Å². The summed E-state index contributed by atoms with van der Waals surface area (Å²) in [4.78, 5) is 4.80. The van der Waals surface area contributed by atoms with Gasteiger partial charge in [-0.2, -0.15) is 0 Å². The van der Waals surface area contributed by atoms with Crippen molar-refractivity contribution in [2.45, 2.75) is 37.8 Å². The highest BCUT2D eigenvalue weighted by Crippen LogP contribution is 2.51. The topological polar surface area (TPSA) is 61.9 Å². The summed E-state index contributed by atoms with van der Waals surface area (Å²) in [5, 5.41) is 0. The highest BCUT2D eigenvalue weighted by molar-refractivity contribution is 5.63. The Morgan fingerprint density at radius 2 is 1.22 bits per heavy atom. The van der Waals surface area contributed by atoms with Crippen molar-refractivity contribution in [2.75, 3.05) is 55.6 Å². The van der Waals surface area contributed by atoms with Crippen molar-refractivity contribution in [3.05, 3.63) is 94.0 Å². The van der Waals surface area contributed by atoms with Crippen molar-refractivity contribution in [3.8, 4) is 46.0 Å². The summed E-state index contributed by atoms with van der Waals surface area (Å²) in [6, 6.07) is 21.2. The molecular weight excluding hydrogens is 580 g/mol. The minimum Gasteiger partial charge on any atom is -0.493 e. The number of methoxy groups -OCH3 is 4. The summed E-state index contributed by atoms with van der Waals surface area (Å²) in [7, 11) is 11.1. The Labute approximate surface area is 271 Å². The highest BCUT2D eigenvalue weighted by atomic mass is 16.5. The maximum atomic E-state index is 6.77. The molecule has 8 nitrogen and oxygen atoms in total. The maximum absolute atomic E-state index is 6.77. The Hall–Kier alpha value is -4.40. The average molecular weight is 623 g/mol. The zero-order valence-electron chi connectivity index (χ0n) is 27.5. The van der Waals surface area contributed by atoms with Crippen LogP contribution in [0.2, 0.25) is 0 Å². The molecule has 0 unspecified atom stereocenters. The second-order valence-corrected chi connectivity index (χ2v) is 12.4. The average Bonchev–Trinajstić information content (AvgIpc) is 3.07. The Balaban J connectivity index is 1.40. The second-order valence-electron chi connectivity index (χ2n) is 12.4. The Bertz CT molecular complexity index is 1740. The van der Waals surface area contributed by atoms with Gasteiger partial charge in [0.2, 0.25) is 11.5 Å². The molecule has 0 aromatic heterocycles. The molecule has 0 N–H and O–H groups in total. The van der Waals surface area contributed by atoms with Crippen molar-refractivity contribution in [1.82, 2.24) is 9.80 Å². The fraction of sp³-hybridized carbons (Fsp3) is 0.368. The van der Waals surface area contributed by atoms with Crippen molar-refractivity contribution in [1.29, 1.82) is 0 Å². The van der Waals surface area contributed by atoms with Gasteiger partial charge in [0, 0.05) is 36.3 Å². The summed E-state index contributed by atoms with van der Waals surface area (Å²) in [5.41, 5.74) is 7.12. The van der Waals surface area contributed by atoms with Crippen molar-refractivity contribution >= 4 is 0 Å². The lowest BCUT2D eigenvalue weighted by Crippen LogP contribution is -2.34. The van der Waals surface area contributed by atoms with E-state index in [1.54, 1.807) is 28.4 Å². The molecule has 2 atom stereocenters. The minimum atomic E-state index is 0.0732. The van der Waals surface area contributed by atoms with Gasteiger partial charge in [0.25, 0.3) is 0 Å². The second kappa shape index (κ2) is 12.4. The lowest BCUT2D eigenvalue weighted by molar-refractivity contribution is 0.221. The molecule has 4 aromatic rings. The number of hydrogen-bond donors (Lipinski definition) is 0. The van der Waals surface area contributed by atoms with Crippen LogP contribution in [0.15, 0.2) is 60.7 Å². The third-order valence-electron chi connectivity index (χ3n) is 9.85. The number of nitrogens with zero attached hydrogens (tertiary/aromatic N) is 2. The van der Waals surface area contributed by atoms with E-state index < -0.39 is 0 Å². The zero-order valence-corrected chi connectivity index (χ0v) is 27.5. The fourth-order valence-corrected chi connectivity index (χ4v) is 7.37. The van der Waals surface area contributed by atoms with Gasteiger partial charge in [0.05, 0.1) is 28.4 Å². The first kappa shape index (κ1) is 30.3. The predicted octanol–water partition coefficient (Wildman–Crippen LogP) is 7.16. The summed E-state index contributed by atoms with van der Waals surface area (Å²) in [6.45, 7) is 1.84. The Morgan fingerprint density at radius 3 is 1.85 bits per heavy atom. The van der Waals surface area contributed by atoms with E-state index in [-0.39, 0.29) is 12.1 Å². The molecule has 46 heavy (non-hydrogen) atoms. The van der Waals surface area contributed by atoms with Gasteiger partial charge >= 0.3 is 0 Å². The smallest absolute Gasteiger partial charge is 0.204 e. The molecule has 6 aliphatic heterocycles. The molecule has 8 heteroatoms. The monoisotopic (exact) mass is 622 g/mol. The maximum Gasteiger partial charge on any atom is 0.204 e. The lowest BCUT2D eigenvalue weighted by Gasteiger charge is -2.36. The van der Waals surface area contributed by atoms with Crippen LogP contribution in [0.25, 0.3) is 0 Å². The summed E-state index contributed by atoms with van der Waals surface area (Å²) in [6.07, 6.45) is 3.37. The minimum absolute atomic E-state index is 0.0732. The Morgan fingerprint density at radius 1 is 0.630 bits per heavy atom.